The van der Waals surface area contributed by atoms with E-state index in [2.05, 4.69) is 0 Å². The fourth-order valence-electron chi connectivity index (χ4n) is 1.81. The lowest BCUT2D eigenvalue weighted by molar-refractivity contribution is -0.136. The molecular weight excluding hydrogens is 368 g/mol. The normalized spacial score (nSPS) is 11.0. The molecule has 0 saturated heterocycles. The molecule has 0 heterocycles. The van der Waals surface area contributed by atoms with Crippen molar-refractivity contribution in [1.29, 1.82) is 0 Å². The van der Waals surface area contributed by atoms with E-state index in [1.165, 1.54) is 30.3 Å². The Bertz CT molecular complexity index is 795. The zero-order valence-corrected chi connectivity index (χ0v) is 13.3. The molecule has 0 fully saturated rings. The predicted molar refractivity (Wildman–Crippen MR) is 84.4 cm³/mol. The summed E-state index contributed by atoms with van der Waals surface area (Å²) in [6.07, 6.45) is -4.64. The predicted octanol–water partition coefficient (Wildman–Crippen LogP) is 4.97. The standard InChI is InChI=1S/C15H9Cl2F3N2O2/c16-10-6-5-8(7-11(10)17)13(23)22-14(24)21-12-4-2-1-3-9(12)15(18,19)20/h1-7H,(H2,21,22,23,24). The number of carbonyl (C=O) groups excluding carboxylic acids is 2. The topological polar surface area (TPSA) is 58.2 Å². The molecule has 4 nitrogen and oxygen atoms in total. The first kappa shape index (κ1) is 18.1. The van der Waals surface area contributed by atoms with E-state index < -0.39 is 29.4 Å². The molecular formula is C15H9Cl2F3N2O2. The highest BCUT2D eigenvalue weighted by molar-refractivity contribution is 6.42. The van der Waals surface area contributed by atoms with Crippen LogP contribution in [0.3, 0.4) is 0 Å². The molecule has 2 aromatic carbocycles. The highest BCUT2D eigenvalue weighted by Crippen LogP contribution is 2.34. The number of urea groups is 1. The van der Waals surface area contributed by atoms with Crippen LogP contribution < -0.4 is 10.6 Å². The summed E-state index contributed by atoms with van der Waals surface area (Å²) >= 11 is 11.5. The van der Waals surface area contributed by atoms with Crippen molar-refractivity contribution in [3.05, 3.63) is 63.6 Å². The van der Waals surface area contributed by atoms with E-state index in [1.807, 2.05) is 10.6 Å². The number of carbonyl (C=O) groups is 2. The van der Waals surface area contributed by atoms with E-state index in [-0.39, 0.29) is 15.6 Å². The second kappa shape index (κ2) is 7.11. The average Bonchev–Trinajstić information content (AvgIpc) is 2.49. The van der Waals surface area contributed by atoms with Gasteiger partial charge in [-0.25, -0.2) is 4.79 Å². The molecule has 2 aromatic rings. The van der Waals surface area contributed by atoms with Crippen LogP contribution in [0, 0.1) is 0 Å². The number of hydrogen-bond donors (Lipinski definition) is 2. The highest BCUT2D eigenvalue weighted by Gasteiger charge is 2.33. The Labute approximate surface area is 144 Å². The fourth-order valence-corrected chi connectivity index (χ4v) is 2.10. The van der Waals surface area contributed by atoms with Crippen LogP contribution in [0.4, 0.5) is 23.7 Å². The number of hydrogen-bond acceptors (Lipinski definition) is 2. The third-order valence-corrected chi connectivity index (χ3v) is 3.63. The van der Waals surface area contributed by atoms with Crippen LogP contribution in [0.1, 0.15) is 15.9 Å². The molecule has 0 aromatic heterocycles. The summed E-state index contributed by atoms with van der Waals surface area (Å²) in [5.41, 5.74) is -1.46. The molecule has 0 atom stereocenters. The van der Waals surface area contributed by atoms with E-state index in [9.17, 15) is 22.8 Å². The number of halogens is 5. The highest BCUT2D eigenvalue weighted by atomic mass is 35.5. The van der Waals surface area contributed by atoms with Gasteiger partial charge in [-0.3, -0.25) is 10.1 Å². The Kier molecular flexibility index (Phi) is 5.36. The molecule has 0 saturated carbocycles. The number of rotatable bonds is 2. The number of benzene rings is 2. The lowest BCUT2D eigenvalue weighted by atomic mass is 10.1. The van der Waals surface area contributed by atoms with Gasteiger partial charge < -0.3 is 5.32 Å². The van der Waals surface area contributed by atoms with Gasteiger partial charge in [0.2, 0.25) is 0 Å². The van der Waals surface area contributed by atoms with Crippen molar-refractivity contribution in [2.75, 3.05) is 5.32 Å². The lowest BCUT2D eigenvalue weighted by Gasteiger charge is -2.13. The second-order valence-corrected chi connectivity index (χ2v) is 5.39. The molecule has 0 aliphatic carbocycles. The molecule has 0 aliphatic heterocycles. The summed E-state index contributed by atoms with van der Waals surface area (Å²) < 4.78 is 38.5. The van der Waals surface area contributed by atoms with Crippen LogP contribution in [0.2, 0.25) is 10.0 Å². The maximum absolute atomic E-state index is 12.8. The Hall–Kier alpha value is -2.25. The minimum Gasteiger partial charge on any atom is -0.307 e. The minimum atomic E-state index is -4.64. The minimum absolute atomic E-state index is 0.0312. The van der Waals surface area contributed by atoms with Crippen molar-refractivity contribution in [2.45, 2.75) is 6.18 Å². The number of nitrogens with one attached hydrogen (secondary N) is 2. The van der Waals surface area contributed by atoms with Gasteiger partial charge in [-0.15, -0.1) is 0 Å². The molecule has 0 aliphatic rings. The van der Waals surface area contributed by atoms with Crippen molar-refractivity contribution >= 4 is 40.8 Å². The van der Waals surface area contributed by atoms with Gasteiger partial charge in [0.15, 0.2) is 0 Å². The maximum atomic E-state index is 12.8. The van der Waals surface area contributed by atoms with Gasteiger partial charge in [-0.2, -0.15) is 13.2 Å². The third kappa shape index (κ3) is 4.39. The van der Waals surface area contributed by atoms with Crippen LogP contribution in [0.15, 0.2) is 42.5 Å². The van der Waals surface area contributed by atoms with Crippen molar-refractivity contribution < 1.29 is 22.8 Å². The van der Waals surface area contributed by atoms with Gasteiger partial charge in [-0.05, 0) is 30.3 Å². The molecule has 9 heteroatoms. The second-order valence-electron chi connectivity index (χ2n) is 4.58. The van der Waals surface area contributed by atoms with Crippen LogP contribution in [0.5, 0.6) is 0 Å². The summed E-state index contributed by atoms with van der Waals surface area (Å²) in [7, 11) is 0. The van der Waals surface area contributed by atoms with Gasteiger partial charge in [0.05, 0.1) is 21.3 Å². The average molecular weight is 377 g/mol. The zero-order chi connectivity index (χ0) is 17.9. The third-order valence-electron chi connectivity index (χ3n) is 2.89. The molecule has 0 spiro atoms. The molecule has 126 valence electrons. The molecule has 2 rings (SSSR count). The van der Waals surface area contributed by atoms with Gasteiger partial charge in [-0.1, -0.05) is 35.3 Å². The van der Waals surface area contributed by atoms with Crippen molar-refractivity contribution in [1.82, 2.24) is 5.32 Å². The van der Waals surface area contributed by atoms with Gasteiger partial charge in [0.1, 0.15) is 0 Å². The maximum Gasteiger partial charge on any atom is 0.418 e. The summed E-state index contributed by atoms with van der Waals surface area (Å²) in [6, 6.07) is 7.20. The van der Waals surface area contributed by atoms with Crippen molar-refractivity contribution in [3.63, 3.8) is 0 Å². The van der Waals surface area contributed by atoms with E-state index in [0.29, 0.717) is 0 Å². The molecule has 24 heavy (non-hydrogen) atoms. The lowest BCUT2D eigenvalue weighted by Crippen LogP contribution is -2.34. The summed E-state index contributed by atoms with van der Waals surface area (Å²) in [5, 5.41) is 4.23. The van der Waals surface area contributed by atoms with Gasteiger partial charge >= 0.3 is 12.2 Å². The van der Waals surface area contributed by atoms with Crippen LogP contribution in [-0.2, 0) is 6.18 Å². The Morgan fingerprint density at radius 1 is 0.958 bits per heavy atom. The molecule has 2 N–H and O–H groups in total. The first-order valence-corrected chi connectivity index (χ1v) is 7.17. The molecule has 0 radical (unpaired) electrons. The number of anilines is 1. The number of alkyl halides is 3. The first-order chi connectivity index (χ1) is 11.2. The smallest absolute Gasteiger partial charge is 0.307 e. The monoisotopic (exact) mass is 376 g/mol. The SMILES string of the molecule is O=C(NC(=O)c1ccc(Cl)c(Cl)c1)Nc1ccccc1C(F)(F)F. The molecule has 0 bridgehead atoms. The van der Waals surface area contributed by atoms with Crippen molar-refractivity contribution in [2.24, 2.45) is 0 Å². The Morgan fingerprint density at radius 3 is 2.25 bits per heavy atom. The van der Waals surface area contributed by atoms with Gasteiger partial charge in [0, 0.05) is 5.56 Å². The summed E-state index contributed by atoms with van der Waals surface area (Å²) in [6.45, 7) is 0. The summed E-state index contributed by atoms with van der Waals surface area (Å²) in [4.78, 5) is 23.7. The number of imide groups is 1. The Morgan fingerprint density at radius 2 is 1.62 bits per heavy atom. The Balaban J connectivity index is 2.11. The van der Waals surface area contributed by atoms with Crippen molar-refractivity contribution in [3.8, 4) is 0 Å². The van der Waals surface area contributed by atoms with E-state index in [0.717, 1.165) is 12.1 Å². The van der Waals surface area contributed by atoms with E-state index in [1.54, 1.807) is 0 Å². The summed E-state index contributed by atoms with van der Waals surface area (Å²) in [5.74, 6) is -0.837. The molecule has 0 unspecified atom stereocenters. The van der Waals surface area contributed by atoms with Crippen LogP contribution in [0.25, 0.3) is 0 Å². The van der Waals surface area contributed by atoms with E-state index >= 15 is 0 Å². The zero-order valence-electron chi connectivity index (χ0n) is 11.7. The van der Waals surface area contributed by atoms with Gasteiger partial charge in [0.25, 0.3) is 5.91 Å². The number of para-hydroxylation sites is 1. The number of amides is 3. The quantitative estimate of drug-likeness (QED) is 0.776. The largest absolute Gasteiger partial charge is 0.418 e. The van der Waals surface area contributed by atoms with E-state index in [4.69, 9.17) is 23.2 Å². The van der Waals surface area contributed by atoms with Crippen LogP contribution in [-0.4, -0.2) is 11.9 Å². The van der Waals surface area contributed by atoms with Crippen LogP contribution >= 0.6 is 23.2 Å². The first-order valence-electron chi connectivity index (χ1n) is 6.42. The fraction of sp³-hybridized carbons (Fsp3) is 0.0667. The molecule has 3 amide bonds.